The molecule has 0 aliphatic carbocycles. The largest absolute Gasteiger partial charge is 0.369 e. The number of nitrogens with two attached hydrogens (primary N) is 1. The summed E-state index contributed by atoms with van der Waals surface area (Å²) in [4.78, 5) is 28.1. The van der Waals surface area contributed by atoms with E-state index < -0.39 is 5.91 Å². The van der Waals surface area contributed by atoms with Crippen LogP contribution in [-0.2, 0) is 16.0 Å². The number of carbonyl (C=O) groups is 2. The lowest BCUT2D eigenvalue weighted by Gasteiger charge is -2.07. The van der Waals surface area contributed by atoms with Crippen LogP contribution in [0.2, 0.25) is 5.02 Å². The van der Waals surface area contributed by atoms with E-state index in [1.807, 2.05) is 36.4 Å². The van der Waals surface area contributed by atoms with Gasteiger partial charge in [0.15, 0.2) is 5.13 Å². The number of rotatable bonds is 6. The van der Waals surface area contributed by atoms with Crippen LogP contribution in [-0.4, -0.2) is 22.6 Å². The molecule has 25 heavy (non-hydrogen) atoms. The molecule has 0 saturated carbocycles. The standard InChI is InChI=1S/C17H14ClN3O2S2/c18-12-5-1-3-10-4-2-6-13(16(10)12)24-9-15(23)21-17-20-11(8-25-17)7-14(19)22/h1-6,8H,7,9H2,(H2,19,22)(H,20,21,23). The van der Waals surface area contributed by atoms with Gasteiger partial charge in [-0.2, -0.15) is 0 Å². The Morgan fingerprint density at radius 3 is 2.76 bits per heavy atom. The molecular formula is C17H14ClN3O2S2. The Kier molecular flexibility index (Phi) is 5.57. The molecule has 0 bridgehead atoms. The molecule has 0 unspecified atom stereocenters. The minimum atomic E-state index is -0.452. The summed E-state index contributed by atoms with van der Waals surface area (Å²) < 4.78 is 0. The maximum Gasteiger partial charge on any atom is 0.236 e. The SMILES string of the molecule is NC(=O)Cc1csc(NC(=O)CSc2cccc3cccc(Cl)c23)n1. The number of benzene rings is 2. The lowest BCUT2D eigenvalue weighted by molar-refractivity contribution is -0.117. The van der Waals surface area contributed by atoms with E-state index in [1.165, 1.54) is 23.1 Å². The van der Waals surface area contributed by atoms with Crippen LogP contribution >= 0.6 is 34.7 Å². The average Bonchev–Trinajstić information content (AvgIpc) is 2.99. The normalized spacial score (nSPS) is 10.8. The molecule has 0 aliphatic rings. The quantitative estimate of drug-likeness (QED) is 0.627. The van der Waals surface area contributed by atoms with E-state index in [9.17, 15) is 9.59 Å². The number of thiazole rings is 1. The molecule has 3 N–H and O–H groups in total. The Labute approximate surface area is 157 Å². The Morgan fingerprint density at radius 2 is 2.00 bits per heavy atom. The number of hydrogen-bond donors (Lipinski definition) is 2. The van der Waals surface area contributed by atoms with E-state index in [4.69, 9.17) is 17.3 Å². The van der Waals surface area contributed by atoms with Crippen LogP contribution in [0, 0.1) is 0 Å². The van der Waals surface area contributed by atoms with Crippen LogP contribution in [0.15, 0.2) is 46.7 Å². The summed E-state index contributed by atoms with van der Waals surface area (Å²) in [6.07, 6.45) is 0.0651. The first-order valence-electron chi connectivity index (χ1n) is 7.35. The summed E-state index contributed by atoms with van der Waals surface area (Å²) in [5.41, 5.74) is 5.69. The Bertz CT molecular complexity index is 937. The van der Waals surface area contributed by atoms with Gasteiger partial charge in [-0.25, -0.2) is 4.98 Å². The van der Waals surface area contributed by atoms with Gasteiger partial charge in [0.1, 0.15) is 0 Å². The second-order valence-electron chi connectivity index (χ2n) is 5.22. The molecule has 0 atom stereocenters. The lowest BCUT2D eigenvalue weighted by atomic mass is 10.1. The zero-order chi connectivity index (χ0) is 17.8. The first-order chi connectivity index (χ1) is 12.0. The number of anilines is 1. The number of amides is 2. The molecule has 0 radical (unpaired) electrons. The zero-order valence-electron chi connectivity index (χ0n) is 13.0. The van der Waals surface area contributed by atoms with Crippen molar-refractivity contribution >= 4 is 62.4 Å². The number of aromatic nitrogens is 1. The van der Waals surface area contributed by atoms with Crippen molar-refractivity contribution in [3.05, 3.63) is 52.5 Å². The smallest absolute Gasteiger partial charge is 0.236 e. The first-order valence-corrected chi connectivity index (χ1v) is 9.60. The molecule has 3 rings (SSSR count). The predicted molar refractivity (Wildman–Crippen MR) is 103 cm³/mol. The Hall–Kier alpha value is -2.09. The molecule has 0 aliphatic heterocycles. The van der Waals surface area contributed by atoms with Gasteiger partial charge in [-0.1, -0.05) is 35.9 Å². The molecule has 0 saturated heterocycles. The van der Waals surface area contributed by atoms with Crippen LogP contribution in [0.4, 0.5) is 5.13 Å². The zero-order valence-corrected chi connectivity index (χ0v) is 15.4. The fraction of sp³-hybridized carbons (Fsp3) is 0.118. The fourth-order valence-corrected chi connectivity index (χ4v) is 4.28. The van der Waals surface area contributed by atoms with E-state index in [0.717, 1.165) is 15.7 Å². The Morgan fingerprint density at radius 1 is 1.24 bits per heavy atom. The van der Waals surface area contributed by atoms with Gasteiger partial charge >= 0.3 is 0 Å². The van der Waals surface area contributed by atoms with E-state index in [1.54, 1.807) is 5.38 Å². The molecule has 1 aromatic heterocycles. The molecular weight excluding hydrogens is 378 g/mol. The number of primary amides is 1. The van der Waals surface area contributed by atoms with E-state index in [0.29, 0.717) is 15.8 Å². The maximum absolute atomic E-state index is 12.1. The molecule has 3 aromatic rings. The highest BCUT2D eigenvalue weighted by molar-refractivity contribution is 8.00. The number of nitrogens with one attached hydrogen (secondary N) is 1. The van der Waals surface area contributed by atoms with Gasteiger partial charge in [0, 0.05) is 20.7 Å². The molecule has 2 amide bonds. The highest BCUT2D eigenvalue weighted by atomic mass is 35.5. The van der Waals surface area contributed by atoms with Crippen molar-refractivity contribution in [2.75, 3.05) is 11.1 Å². The van der Waals surface area contributed by atoms with E-state index in [-0.39, 0.29) is 18.1 Å². The third-order valence-corrected chi connectivity index (χ3v) is 5.51. The van der Waals surface area contributed by atoms with Gasteiger partial charge < -0.3 is 11.1 Å². The summed E-state index contributed by atoms with van der Waals surface area (Å²) in [5, 5.41) is 7.54. The number of hydrogen-bond acceptors (Lipinski definition) is 5. The fourth-order valence-electron chi connectivity index (χ4n) is 2.31. The lowest BCUT2D eigenvalue weighted by Crippen LogP contribution is -2.15. The van der Waals surface area contributed by atoms with Gasteiger partial charge in [0.25, 0.3) is 0 Å². The topological polar surface area (TPSA) is 85.1 Å². The molecule has 5 nitrogen and oxygen atoms in total. The molecule has 8 heteroatoms. The van der Waals surface area contributed by atoms with E-state index >= 15 is 0 Å². The minimum Gasteiger partial charge on any atom is -0.369 e. The minimum absolute atomic E-state index is 0.0651. The summed E-state index contributed by atoms with van der Waals surface area (Å²) in [5.74, 6) is -0.393. The average molecular weight is 392 g/mol. The predicted octanol–water partition coefficient (Wildman–Crippen LogP) is 3.71. The highest BCUT2D eigenvalue weighted by Crippen LogP contribution is 2.33. The molecule has 128 valence electrons. The van der Waals surface area contributed by atoms with Crippen molar-refractivity contribution < 1.29 is 9.59 Å². The molecule has 0 spiro atoms. The van der Waals surface area contributed by atoms with Crippen molar-refractivity contribution in [2.45, 2.75) is 11.3 Å². The van der Waals surface area contributed by atoms with Crippen LogP contribution < -0.4 is 11.1 Å². The number of nitrogens with zero attached hydrogens (tertiary/aromatic N) is 1. The second kappa shape index (κ2) is 7.86. The van der Waals surface area contributed by atoms with Gasteiger partial charge in [-0.3, -0.25) is 9.59 Å². The number of thioether (sulfide) groups is 1. The van der Waals surface area contributed by atoms with Gasteiger partial charge in [0.05, 0.1) is 17.9 Å². The van der Waals surface area contributed by atoms with Crippen molar-refractivity contribution in [1.82, 2.24) is 4.98 Å². The number of fused-ring (bicyclic) bond motifs is 1. The number of carbonyl (C=O) groups excluding carboxylic acids is 2. The summed E-state index contributed by atoms with van der Waals surface area (Å²) in [7, 11) is 0. The maximum atomic E-state index is 12.1. The molecule has 1 heterocycles. The van der Waals surface area contributed by atoms with Crippen molar-refractivity contribution in [3.63, 3.8) is 0 Å². The van der Waals surface area contributed by atoms with Crippen molar-refractivity contribution in [1.29, 1.82) is 0 Å². The second-order valence-corrected chi connectivity index (χ2v) is 7.50. The number of halogens is 1. The monoisotopic (exact) mass is 391 g/mol. The van der Waals surface area contributed by atoms with Crippen LogP contribution in [0.25, 0.3) is 10.8 Å². The Balaban J connectivity index is 1.65. The third-order valence-electron chi connectivity index (χ3n) is 3.33. The molecule has 2 aromatic carbocycles. The van der Waals surface area contributed by atoms with Crippen LogP contribution in [0.1, 0.15) is 5.69 Å². The third kappa shape index (κ3) is 4.50. The van der Waals surface area contributed by atoms with Gasteiger partial charge in [-0.05, 0) is 17.5 Å². The van der Waals surface area contributed by atoms with Crippen molar-refractivity contribution in [3.8, 4) is 0 Å². The van der Waals surface area contributed by atoms with Gasteiger partial charge in [0.2, 0.25) is 11.8 Å². The summed E-state index contributed by atoms with van der Waals surface area (Å²) >= 11 is 8.97. The molecule has 0 fully saturated rings. The van der Waals surface area contributed by atoms with Gasteiger partial charge in [-0.15, -0.1) is 23.1 Å². The highest BCUT2D eigenvalue weighted by Gasteiger charge is 2.11. The first kappa shape index (κ1) is 17.7. The van der Waals surface area contributed by atoms with Crippen molar-refractivity contribution in [2.24, 2.45) is 5.73 Å². The summed E-state index contributed by atoms with van der Waals surface area (Å²) in [6, 6.07) is 11.6. The van der Waals surface area contributed by atoms with E-state index in [2.05, 4.69) is 10.3 Å². The summed E-state index contributed by atoms with van der Waals surface area (Å²) in [6.45, 7) is 0. The van der Waals surface area contributed by atoms with Crippen LogP contribution in [0.5, 0.6) is 0 Å². The van der Waals surface area contributed by atoms with Crippen LogP contribution in [0.3, 0.4) is 0 Å².